The number of halogens is 1. The summed E-state index contributed by atoms with van der Waals surface area (Å²) < 4.78 is 0. The van der Waals surface area contributed by atoms with Crippen LogP contribution in [0, 0.1) is 0 Å². The lowest BCUT2D eigenvalue weighted by Crippen LogP contribution is -2.45. The molecule has 1 aromatic heterocycles. The molecule has 1 atom stereocenters. The predicted octanol–water partition coefficient (Wildman–Crippen LogP) is 3.09. The van der Waals surface area contributed by atoms with Gasteiger partial charge in [0, 0.05) is 25.2 Å². The fourth-order valence-electron chi connectivity index (χ4n) is 2.57. The SMILES string of the molecule is CC(C)N(Cc1cccc(Cl)n1)CC1CCCCN1. The smallest absolute Gasteiger partial charge is 0.129 e. The Morgan fingerprint density at radius 3 is 2.89 bits per heavy atom. The van der Waals surface area contributed by atoms with Gasteiger partial charge in [-0.3, -0.25) is 4.90 Å². The van der Waals surface area contributed by atoms with Crippen LogP contribution >= 0.6 is 11.6 Å². The zero-order valence-electron chi connectivity index (χ0n) is 11.9. The summed E-state index contributed by atoms with van der Waals surface area (Å²) in [6.07, 6.45) is 3.94. The Morgan fingerprint density at radius 2 is 2.26 bits per heavy atom. The molecule has 1 fully saturated rings. The van der Waals surface area contributed by atoms with Gasteiger partial charge in [0.25, 0.3) is 0 Å². The predicted molar refractivity (Wildman–Crippen MR) is 80.4 cm³/mol. The molecule has 0 spiro atoms. The van der Waals surface area contributed by atoms with Crippen molar-refractivity contribution in [3.63, 3.8) is 0 Å². The summed E-state index contributed by atoms with van der Waals surface area (Å²) in [5.41, 5.74) is 1.05. The Bertz CT molecular complexity index is 389. The van der Waals surface area contributed by atoms with Gasteiger partial charge < -0.3 is 5.32 Å². The molecular weight excluding hydrogens is 258 g/mol. The summed E-state index contributed by atoms with van der Waals surface area (Å²) in [7, 11) is 0. The third kappa shape index (κ3) is 4.75. The molecule has 1 saturated heterocycles. The lowest BCUT2D eigenvalue weighted by molar-refractivity contribution is 0.175. The maximum atomic E-state index is 5.96. The zero-order chi connectivity index (χ0) is 13.7. The molecular formula is C15H24ClN3. The van der Waals surface area contributed by atoms with Crippen LogP contribution in [-0.2, 0) is 6.54 Å². The number of hydrogen-bond donors (Lipinski definition) is 1. The molecule has 19 heavy (non-hydrogen) atoms. The van der Waals surface area contributed by atoms with Crippen LogP contribution in [0.1, 0.15) is 38.8 Å². The first-order valence-electron chi connectivity index (χ1n) is 7.24. The minimum absolute atomic E-state index is 0.518. The van der Waals surface area contributed by atoms with E-state index in [1.165, 1.54) is 19.3 Å². The van der Waals surface area contributed by atoms with Crippen molar-refractivity contribution in [3.8, 4) is 0 Å². The molecule has 1 aliphatic rings. The van der Waals surface area contributed by atoms with Crippen LogP contribution in [0.25, 0.3) is 0 Å². The molecule has 0 bridgehead atoms. The van der Waals surface area contributed by atoms with Crippen molar-refractivity contribution in [2.45, 2.75) is 51.7 Å². The fourth-order valence-corrected chi connectivity index (χ4v) is 2.75. The molecule has 0 amide bonds. The quantitative estimate of drug-likeness (QED) is 0.841. The van der Waals surface area contributed by atoms with Gasteiger partial charge in [0.2, 0.25) is 0 Å². The van der Waals surface area contributed by atoms with Crippen molar-refractivity contribution in [3.05, 3.63) is 29.0 Å². The summed E-state index contributed by atoms with van der Waals surface area (Å²) in [6.45, 7) is 7.61. The third-order valence-electron chi connectivity index (χ3n) is 3.74. The minimum Gasteiger partial charge on any atom is -0.313 e. The van der Waals surface area contributed by atoms with Crippen molar-refractivity contribution in [1.29, 1.82) is 0 Å². The first-order chi connectivity index (χ1) is 9.15. The highest BCUT2D eigenvalue weighted by Crippen LogP contribution is 2.14. The molecule has 2 heterocycles. The van der Waals surface area contributed by atoms with Gasteiger partial charge in [0.05, 0.1) is 5.69 Å². The molecule has 0 radical (unpaired) electrons. The molecule has 0 aliphatic carbocycles. The number of pyridine rings is 1. The molecule has 0 saturated carbocycles. The van der Waals surface area contributed by atoms with Crippen LogP contribution in [0.15, 0.2) is 18.2 Å². The Hall–Kier alpha value is -0.640. The second kappa shape index (κ2) is 7.22. The molecule has 3 nitrogen and oxygen atoms in total. The largest absolute Gasteiger partial charge is 0.313 e. The number of nitrogens with one attached hydrogen (secondary N) is 1. The van der Waals surface area contributed by atoms with Gasteiger partial charge in [-0.2, -0.15) is 0 Å². The Balaban J connectivity index is 1.95. The standard InChI is InChI=1S/C15H24ClN3/c1-12(2)19(10-13-6-3-4-9-17-13)11-14-7-5-8-15(16)18-14/h5,7-8,12-13,17H,3-4,6,9-11H2,1-2H3. The lowest BCUT2D eigenvalue weighted by Gasteiger charge is -2.32. The van der Waals surface area contributed by atoms with Gasteiger partial charge in [-0.05, 0) is 45.4 Å². The van der Waals surface area contributed by atoms with Gasteiger partial charge in [-0.15, -0.1) is 0 Å². The van der Waals surface area contributed by atoms with Crippen LogP contribution in [-0.4, -0.2) is 35.1 Å². The summed E-state index contributed by atoms with van der Waals surface area (Å²) >= 11 is 5.96. The number of piperidine rings is 1. The summed E-state index contributed by atoms with van der Waals surface area (Å²) in [4.78, 5) is 6.87. The van der Waals surface area contributed by atoms with E-state index in [-0.39, 0.29) is 0 Å². The Morgan fingerprint density at radius 1 is 1.42 bits per heavy atom. The number of rotatable bonds is 5. The normalized spacial score (nSPS) is 20.2. The Kier molecular flexibility index (Phi) is 5.61. The van der Waals surface area contributed by atoms with E-state index in [4.69, 9.17) is 11.6 Å². The Labute approximate surface area is 121 Å². The maximum absolute atomic E-state index is 5.96. The second-order valence-corrected chi connectivity index (χ2v) is 6.01. The highest BCUT2D eigenvalue weighted by Gasteiger charge is 2.19. The minimum atomic E-state index is 0.518. The van der Waals surface area contributed by atoms with Crippen molar-refractivity contribution in [2.75, 3.05) is 13.1 Å². The molecule has 106 valence electrons. The second-order valence-electron chi connectivity index (χ2n) is 5.62. The van der Waals surface area contributed by atoms with E-state index in [2.05, 4.69) is 35.1 Å². The molecule has 1 aliphatic heterocycles. The first-order valence-corrected chi connectivity index (χ1v) is 7.62. The van der Waals surface area contributed by atoms with E-state index in [1.54, 1.807) is 0 Å². The van der Waals surface area contributed by atoms with E-state index >= 15 is 0 Å². The van der Waals surface area contributed by atoms with Crippen LogP contribution in [0.5, 0.6) is 0 Å². The van der Waals surface area contributed by atoms with Crippen molar-refractivity contribution in [1.82, 2.24) is 15.2 Å². The summed E-state index contributed by atoms with van der Waals surface area (Å²) in [5, 5.41) is 4.19. The lowest BCUT2D eigenvalue weighted by atomic mass is 10.0. The monoisotopic (exact) mass is 281 g/mol. The van der Waals surface area contributed by atoms with Gasteiger partial charge in [-0.1, -0.05) is 24.1 Å². The van der Waals surface area contributed by atoms with Crippen molar-refractivity contribution in [2.24, 2.45) is 0 Å². The van der Waals surface area contributed by atoms with E-state index in [1.807, 2.05) is 12.1 Å². The average molecular weight is 282 g/mol. The average Bonchev–Trinajstić information content (AvgIpc) is 2.39. The topological polar surface area (TPSA) is 28.2 Å². The van der Waals surface area contributed by atoms with Crippen LogP contribution < -0.4 is 5.32 Å². The fraction of sp³-hybridized carbons (Fsp3) is 0.667. The van der Waals surface area contributed by atoms with Crippen LogP contribution in [0.2, 0.25) is 5.15 Å². The molecule has 1 N–H and O–H groups in total. The van der Waals surface area contributed by atoms with Gasteiger partial charge in [0.15, 0.2) is 0 Å². The van der Waals surface area contributed by atoms with E-state index in [0.717, 1.165) is 25.3 Å². The van der Waals surface area contributed by atoms with Gasteiger partial charge in [0.1, 0.15) is 5.15 Å². The van der Waals surface area contributed by atoms with E-state index in [9.17, 15) is 0 Å². The highest BCUT2D eigenvalue weighted by atomic mass is 35.5. The first kappa shape index (κ1) is 14.8. The number of hydrogen-bond acceptors (Lipinski definition) is 3. The van der Waals surface area contributed by atoms with Crippen LogP contribution in [0.3, 0.4) is 0 Å². The van der Waals surface area contributed by atoms with E-state index in [0.29, 0.717) is 17.2 Å². The third-order valence-corrected chi connectivity index (χ3v) is 3.95. The molecule has 4 heteroatoms. The van der Waals surface area contributed by atoms with Gasteiger partial charge in [-0.25, -0.2) is 4.98 Å². The molecule has 0 aromatic carbocycles. The number of nitrogens with zero attached hydrogens (tertiary/aromatic N) is 2. The van der Waals surface area contributed by atoms with Gasteiger partial charge >= 0.3 is 0 Å². The van der Waals surface area contributed by atoms with E-state index < -0.39 is 0 Å². The molecule has 1 unspecified atom stereocenters. The highest BCUT2D eigenvalue weighted by molar-refractivity contribution is 6.29. The summed E-state index contributed by atoms with van der Waals surface area (Å²) in [5.74, 6) is 0. The maximum Gasteiger partial charge on any atom is 0.129 e. The summed E-state index contributed by atoms with van der Waals surface area (Å²) in [6, 6.07) is 6.99. The molecule has 2 rings (SSSR count). The molecule has 1 aromatic rings. The van der Waals surface area contributed by atoms with Crippen molar-refractivity contribution >= 4 is 11.6 Å². The van der Waals surface area contributed by atoms with Crippen LogP contribution in [0.4, 0.5) is 0 Å². The van der Waals surface area contributed by atoms with Crippen molar-refractivity contribution < 1.29 is 0 Å². The zero-order valence-corrected chi connectivity index (χ0v) is 12.7. The number of aromatic nitrogens is 1.